The van der Waals surface area contributed by atoms with Crippen LogP contribution >= 0.6 is 11.6 Å². The zero-order chi connectivity index (χ0) is 18.0. The number of benzodiazepines with no additional fused rings is 1. The summed E-state index contributed by atoms with van der Waals surface area (Å²) in [7, 11) is -3.38. The zero-order valence-corrected chi connectivity index (χ0v) is 15.2. The fraction of sp³-hybridized carbons (Fsp3) is 0.222. The van der Waals surface area contributed by atoms with Crippen molar-refractivity contribution in [3.63, 3.8) is 0 Å². The predicted octanol–water partition coefficient (Wildman–Crippen LogP) is 2.92. The van der Waals surface area contributed by atoms with Gasteiger partial charge in [-0.15, -0.1) is 0 Å². The van der Waals surface area contributed by atoms with E-state index in [1.54, 1.807) is 25.1 Å². The third kappa shape index (κ3) is 3.75. The summed E-state index contributed by atoms with van der Waals surface area (Å²) in [6.07, 6.45) is 0. The number of hydrogen-bond donors (Lipinski definition) is 0. The number of anilines is 1. The Labute approximate surface area is 151 Å². The molecule has 0 saturated carbocycles. The highest BCUT2D eigenvalue weighted by Gasteiger charge is 2.28. The molecule has 25 heavy (non-hydrogen) atoms. The minimum absolute atomic E-state index is 0.0356. The molecule has 0 spiro atoms. The van der Waals surface area contributed by atoms with Gasteiger partial charge in [-0.2, -0.15) is 0 Å². The Morgan fingerprint density at radius 3 is 2.56 bits per heavy atom. The fourth-order valence-electron chi connectivity index (χ4n) is 2.66. The first-order valence-electron chi connectivity index (χ1n) is 7.82. The number of carbonyl (C=O) groups excluding carboxylic acids is 1. The standard InChI is InChI=1S/C18H17ClN2O3S/c1-2-25(23,24)12-21-16-9-8-14(19)10-15(16)18(20-11-17(21)22)13-6-4-3-5-7-13/h3-10H,2,11-12H2,1H3. The van der Waals surface area contributed by atoms with E-state index in [0.29, 0.717) is 22.0 Å². The molecular weight excluding hydrogens is 360 g/mol. The van der Waals surface area contributed by atoms with Crippen LogP contribution in [0.4, 0.5) is 5.69 Å². The van der Waals surface area contributed by atoms with Gasteiger partial charge in [-0.25, -0.2) is 8.42 Å². The number of benzene rings is 2. The molecule has 0 saturated heterocycles. The van der Waals surface area contributed by atoms with Crippen molar-refractivity contribution < 1.29 is 13.2 Å². The number of hydrogen-bond acceptors (Lipinski definition) is 4. The number of nitrogens with zero attached hydrogens (tertiary/aromatic N) is 2. The molecule has 0 atom stereocenters. The molecule has 0 unspecified atom stereocenters. The predicted molar refractivity (Wildman–Crippen MR) is 100 cm³/mol. The van der Waals surface area contributed by atoms with Crippen molar-refractivity contribution in [1.29, 1.82) is 0 Å². The molecule has 0 N–H and O–H groups in total. The van der Waals surface area contributed by atoms with E-state index in [1.165, 1.54) is 4.90 Å². The molecule has 0 aliphatic carbocycles. The number of sulfone groups is 1. The lowest BCUT2D eigenvalue weighted by molar-refractivity contribution is -0.117. The van der Waals surface area contributed by atoms with Gasteiger partial charge in [-0.05, 0) is 18.2 Å². The van der Waals surface area contributed by atoms with E-state index in [0.717, 1.165) is 5.56 Å². The van der Waals surface area contributed by atoms with Gasteiger partial charge in [0.1, 0.15) is 12.4 Å². The Hall–Kier alpha value is -2.18. The van der Waals surface area contributed by atoms with Crippen LogP contribution in [-0.2, 0) is 14.6 Å². The molecule has 1 heterocycles. The minimum atomic E-state index is -3.38. The van der Waals surface area contributed by atoms with Crippen LogP contribution in [0.15, 0.2) is 53.5 Å². The molecule has 2 aromatic rings. The van der Waals surface area contributed by atoms with Crippen LogP contribution in [0.2, 0.25) is 5.02 Å². The average molecular weight is 377 g/mol. The van der Waals surface area contributed by atoms with Crippen molar-refractivity contribution in [3.8, 4) is 0 Å². The van der Waals surface area contributed by atoms with Crippen LogP contribution < -0.4 is 4.90 Å². The van der Waals surface area contributed by atoms with Gasteiger partial charge >= 0.3 is 0 Å². The van der Waals surface area contributed by atoms with Gasteiger partial charge < -0.3 is 0 Å². The summed E-state index contributed by atoms with van der Waals surface area (Å²) < 4.78 is 24.2. The Morgan fingerprint density at radius 1 is 1.16 bits per heavy atom. The first kappa shape index (κ1) is 17.6. The van der Waals surface area contributed by atoms with E-state index in [1.807, 2.05) is 30.3 Å². The van der Waals surface area contributed by atoms with Crippen molar-refractivity contribution >= 4 is 38.7 Å². The van der Waals surface area contributed by atoms with Crippen LogP contribution in [0.25, 0.3) is 0 Å². The molecule has 1 aliphatic rings. The fourth-order valence-corrected chi connectivity index (χ4v) is 3.69. The van der Waals surface area contributed by atoms with E-state index in [4.69, 9.17) is 11.6 Å². The quantitative estimate of drug-likeness (QED) is 0.824. The Bertz CT molecular complexity index is 940. The number of aliphatic imine (C=N–C) groups is 1. The largest absolute Gasteiger partial charge is 0.295 e. The molecule has 0 radical (unpaired) electrons. The van der Waals surface area contributed by atoms with Crippen LogP contribution in [0.3, 0.4) is 0 Å². The van der Waals surface area contributed by atoms with Gasteiger partial charge in [0, 0.05) is 21.9 Å². The number of rotatable bonds is 4. The van der Waals surface area contributed by atoms with E-state index < -0.39 is 9.84 Å². The van der Waals surface area contributed by atoms with Gasteiger partial charge in [0.15, 0.2) is 9.84 Å². The summed E-state index contributed by atoms with van der Waals surface area (Å²) in [5.41, 5.74) is 2.63. The normalized spacial score (nSPS) is 14.7. The third-order valence-electron chi connectivity index (χ3n) is 3.99. The number of halogens is 1. The lowest BCUT2D eigenvalue weighted by atomic mass is 10.0. The van der Waals surface area contributed by atoms with Crippen molar-refractivity contribution in [2.75, 3.05) is 23.1 Å². The first-order chi connectivity index (χ1) is 11.9. The Morgan fingerprint density at radius 2 is 1.88 bits per heavy atom. The summed E-state index contributed by atoms with van der Waals surface area (Å²) >= 11 is 6.15. The minimum Gasteiger partial charge on any atom is -0.295 e. The highest BCUT2D eigenvalue weighted by atomic mass is 35.5. The van der Waals surface area contributed by atoms with Crippen molar-refractivity contribution in [2.45, 2.75) is 6.92 Å². The van der Waals surface area contributed by atoms with Gasteiger partial charge in [-0.3, -0.25) is 14.7 Å². The smallest absolute Gasteiger partial charge is 0.249 e. The molecule has 130 valence electrons. The van der Waals surface area contributed by atoms with Crippen LogP contribution in [0.1, 0.15) is 18.1 Å². The first-order valence-corrected chi connectivity index (χ1v) is 10.0. The number of carbonyl (C=O) groups is 1. The van der Waals surface area contributed by atoms with Crippen molar-refractivity contribution in [1.82, 2.24) is 0 Å². The second-order valence-electron chi connectivity index (χ2n) is 5.68. The second kappa shape index (κ2) is 6.98. The van der Waals surface area contributed by atoms with E-state index in [-0.39, 0.29) is 24.1 Å². The number of fused-ring (bicyclic) bond motifs is 1. The molecule has 3 rings (SSSR count). The van der Waals surface area contributed by atoms with Crippen molar-refractivity contribution in [2.24, 2.45) is 4.99 Å². The maximum Gasteiger partial charge on any atom is 0.249 e. The average Bonchev–Trinajstić information content (AvgIpc) is 2.73. The summed E-state index contributed by atoms with van der Waals surface area (Å²) in [4.78, 5) is 18.3. The van der Waals surface area contributed by atoms with Gasteiger partial charge in [0.2, 0.25) is 5.91 Å². The molecule has 0 bridgehead atoms. The number of amides is 1. The molecular formula is C18H17ClN2O3S. The van der Waals surface area contributed by atoms with E-state index in [2.05, 4.69) is 4.99 Å². The maximum absolute atomic E-state index is 12.6. The lowest BCUT2D eigenvalue weighted by Crippen LogP contribution is -2.37. The van der Waals surface area contributed by atoms with Gasteiger partial charge in [0.05, 0.1) is 11.4 Å². The monoisotopic (exact) mass is 376 g/mol. The summed E-state index contributed by atoms with van der Waals surface area (Å²) in [5, 5.41) is 0.495. The summed E-state index contributed by atoms with van der Waals surface area (Å²) in [6.45, 7) is 1.45. The van der Waals surface area contributed by atoms with Crippen molar-refractivity contribution in [3.05, 3.63) is 64.7 Å². The molecule has 1 amide bonds. The summed E-state index contributed by atoms with van der Waals surface area (Å²) in [5.74, 6) is -0.757. The SMILES string of the molecule is CCS(=O)(=O)CN1C(=O)CN=C(c2ccccc2)c2cc(Cl)ccc21. The van der Waals surface area contributed by atoms with E-state index >= 15 is 0 Å². The highest BCUT2D eigenvalue weighted by Crippen LogP contribution is 2.30. The Kier molecular flexibility index (Phi) is 4.92. The molecule has 5 nitrogen and oxygen atoms in total. The topological polar surface area (TPSA) is 66.8 Å². The molecule has 1 aliphatic heterocycles. The van der Waals surface area contributed by atoms with Crippen LogP contribution in [-0.4, -0.2) is 38.2 Å². The van der Waals surface area contributed by atoms with Crippen LogP contribution in [0.5, 0.6) is 0 Å². The van der Waals surface area contributed by atoms with Gasteiger partial charge in [0.25, 0.3) is 0 Å². The van der Waals surface area contributed by atoms with E-state index in [9.17, 15) is 13.2 Å². The second-order valence-corrected chi connectivity index (χ2v) is 8.43. The zero-order valence-electron chi connectivity index (χ0n) is 13.6. The summed E-state index contributed by atoms with van der Waals surface area (Å²) in [6, 6.07) is 14.5. The maximum atomic E-state index is 12.6. The molecule has 0 aromatic heterocycles. The van der Waals surface area contributed by atoms with Crippen LogP contribution in [0, 0.1) is 0 Å². The van der Waals surface area contributed by atoms with Gasteiger partial charge in [-0.1, -0.05) is 48.9 Å². The molecule has 2 aromatic carbocycles. The molecule has 0 fully saturated rings. The highest BCUT2D eigenvalue weighted by molar-refractivity contribution is 7.91. The molecule has 7 heteroatoms. The third-order valence-corrected chi connectivity index (χ3v) is 5.76. The Balaban J connectivity index is 2.17. The lowest BCUT2D eigenvalue weighted by Gasteiger charge is -2.22.